The molecule has 0 atom stereocenters. The Morgan fingerprint density at radius 1 is 1.00 bits per heavy atom. The molecule has 0 radical (unpaired) electrons. The Morgan fingerprint density at radius 3 is 2.44 bits per heavy atom. The van der Waals surface area contributed by atoms with Gasteiger partial charge in [0.05, 0.1) is 19.7 Å². The summed E-state index contributed by atoms with van der Waals surface area (Å²) < 4.78 is 10.6. The first kappa shape index (κ1) is 17.0. The molecule has 1 aromatic heterocycles. The third-order valence-corrected chi connectivity index (χ3v) is 4.17. The summed E-state index contributed by atoms with van der Waals surface area (Å²) in [5, 5.41) is 4.24. The van der Waals surface area contributed by atoms with E-state index in [1.165, 1.54) is 5.56 Å². The second kappa shape index (κ2) is 7.85. The highest BCUT2D eigenvalue weighted by Gasteiger charge is 2.09. The molecule has 0 unspecified atom stereocenters. The zero-order valence-corrected chi connectivity index (χ0v) is 14.5. The molecule has 0 fully saturated rings. The number of pyridine rings is 1. The van der Waals surface area contributed by atoms with Crippen LogP contribution >= 0.6 is 0 Å². The fourth-order valence-electron chi connectivity index (χ4n) is 2.81. The van der Waals surface area contributed by atoms with Gasteiger partial charge in [0.2, 0.25) is 0 Å². The van der Waals surface area contributed by atoms with Crippen LogP contribution in [0.3, 0.4) is 0 Å². The van der Waals surface area contributed by atoms with E-state index in [1.54, 1.807) is 20.3 Å². The van der Waals surface area contributed by atoms with Crippen molar-refractivity contribution in [3.05, 3.63) is 70.0 Å². The van der Waals surface area contributed by atoms with Crippen LogP contribution in [0.1, 0.15) is 11.1 Å². The minimum atomic E-state index is -0.0908. The third kappa shape index (κ3) is 4.00. The Balaban J connectivity index is 1.73. The van der Waals surface area contributed by atoms with Gasteiger partial charge in [0.15, 0.2) is 11.5 Å². The number of fused-ring (bicyclic) bond motifs is 1. The summed E-state index contributed by atoms with van der Waals surface area (Å²) in [6.07, 6.45) is 0.928. The van der Waals surface area contributed by atoms with E-state index in [0.717, 1.165) is 23.9 Å². The van der Waals surface area contributed by atoms with Gasteiger partial charge < -0.3 is 19.8 Å². The number of ether oxygens (including phenoxy) is 2. The standard InChI is InChI=1S/C20H22N2O3/c1-24-18-11-15-10-16(20(23)22-17(15)12-19(18)25-2)13-21-9-8-14-6-4-3-5-7-14/h3-7,10-12,21H,8-9,13H2,1-2H3,(H,22,23). The first-order valence-electron chi connectivity index (χ1n) is 8.24. The quantitative estimate of drug-likeness (QED) is 0.650. The van der Waals surface area contributed by atoms with Crippen LogP contribution in [0.2, 0.25) is 0 Å². The first-order valence-corrected chi connectivity index (χ1v) is 8.24. The number of methoxy groups -OCH3 is 2. The summed E-state index contributed by atoms with van der Waals surface area (Å²) in [5.41, 5.74) is 2.62. The van der Waals surface area contributed by atoms with Crippen molar-refractivity contribution in [2.24, 2.45) is 0 Å². The number of aromatic nitrogens is 1. The van der Waals surface area contributed by atoms with Crippen molar-refractivity contribution in [2.75, 3.05) is 20.8 Å². The van der Waals surface area contributed by atoms with Gasteiger partial charge >= 0.3 is 0 Å². The lowest BCUT2D eigenvalue weighted by Gasteiger charge is -2.10. The van der Waals surface area contributed by atoms with E-state index in [2.05, 4.69) is 22.4 Å². The summed E-state index contributed by atoms with van der Waals surface area (Å²) in [5.74, 6) is 1.24. The zero-order chi connectivity index (χ0) is 17.6. The van der Waals surface area contributed by atoms with E-state index < -0.39 is 0 Å². The highest BCUT2D eigenvalue weighted by atomic mass is 16.5. The molecule has 0 aliphatic carbocycles. The van der Waals surface area contributed by atoms with Gasteiger partial charge in [-0.1, -0.05) is 30.3 Å². The van der Waals surface area contributed by atoms with Gasteiger partial charge in [-0.15, -0.1) is 0 Å². The molecule has 1 heterocycles. The van der Waals surface area contributed by atoms with Gasteiger partial charge in [-0.2, -0.15) is 0 Å². The number of rotatable bonds is 7. The molecule has 25 heavy (non-hydrogen) atoms. The molecule has 0 aliphatic rings. The van der Waals surface area contributed by atoms with E-state index in [0.29, 0.717) is 23.6 Å². The SMILES string of the molecule is COc1cc2cc(CNCCc3ccccc3)c(=O)[nH]c2cc1OC. The Labute approximate surface area is 146 Å². The highest BCUT2D eigenvalue weighted by molar-refractivity contribution is 5.83. The van der Waals surface area contributed by atoms with Crippen molar-refractivity contribution < 1.29 is 9.47 Å². The number of benzene rings is 2. The Morgan fingerprint density at radius 2 is 1.72 bits per heavy atom. The Hall–Kier alpha value is -2.79. The van der Waals surface area contributed by atoms with Crippen LogP contribution in [0, 0.1) is 0 Å². The Bertz CT molecular complexity index is 904. The van der Waals surface area contributed by atoms with Crippen molar-refractivity contribution in [2.45, 2.75) is 13.0 Å². The lowest BCUT2D eigenvalue weighted by atomic mass is 10.1. The number of H-pyrrole nitrogens is 1. The molecule has 3 aromatic rings. The predicted molar refractivity (Wildman–Crippen MR) is 99.5 cm³/mol. The van der Waals surface area contributed by atoms with Crippen LogP contribution in [0.15, 0.2) is 53.3 Å². The molecular formula is C20H22N2O3. The Kier molecular flexibility index (Phi) is 5.36. The second-order valence-corrected chi connectivity index (χ2v) is 5.83. The van der Waals surface area contributed by atoms with Crippen molar-refractivity contribution in [3.8, 4) is 11.5 Å². The zero-order valence-electron chi connectivity index (χ0n) is 14.5. The molecule has 2 aromatic carbocycles. The van der Waals surface area contributed by atoms with Crippen molar-refractivity contribution >= 4 is 10.9 Å². The summed E-state index contributed by atoms with van der Waals surface area (Å²) >= 11 is 0. The van der Waals surface area contributed by atoms with Crippen molar-refractivity contribution in [3.63, 3.8) is 0 Å². The van der Waals surface area contributed by atoms with E-state index in [1.807, 2.05) is 30.3 Å². The van der Waals surface area contributed by atoms with Gasteiger partial charge in [-0.3, -0.25) is 4.79 Å². The van der Waals surface area contributed by atoms with E-state index in [4.69, 9.17) is 9.47 Å². The molecule has 0 saturated heterocycles. The van der Waals surface area contributed by atoms with Crippen LogP contribution < -0.4 is 20.3 Å². The van der Waals surface area contributed by atoms with Crippen LogP contribution in [0.5, 0.6) is 11.5 Å². The first-order chi connectivity index (χ1) is 12.2. The molecule has 5 nitrogen and oxygen atoms in total. The third-order valence-electron chi connectivity index (χ3n) is 4.17. The molecule has 3 rings (SSSR count). The molecular weight excluding hydrogens is 316 g/mol. The molecule has 0 spiro atoms. The van der Waals surface area contributed by atoms with Gasteiger partial charge in [0.1, 0.15) is 0 Å². The maximum atomic E-state index is 12.3. The predicted octanol–water partition coefficient (Wildman–Crippen LogP) is 2.88. The highest BCUT2D eigenvalue weighted by Crippen LogP contribution is 2.30. The summed E-state index contributed by atoms with van der Waals surface area (Å²) in [4.78, 5) is 15.2. The molecule has 2 N–H and O–H groups in total. The number of hydrogen-bond acceptors (Lipinski definition) is 4. The van der Waals surface area contributed by atoms with Gasteiger partial charge in [0, 0.05) is 23.6 Å². The van der Waals surface area contributed by atoms with Crippen LogP contribution in [-0.2, 0) is 13.0 Å². The van der Waals surface area contributed by atoms with Gasteiger partial charge in [-0.25, -0.2) is 0 Å². The average Bonchev–Trinajstić information content (AvgIpc) is 2.65. The number of hydrogen-bond donors (Lipinski definition) is 2. The monoisotopic (exact) mass is 338 g/mol. The number of aromatic amines is 1. The molecule has 0 aliphatic heterocycles. The van der Waals surface area contributed by atoms with Gasteiger partial charge in [0.25, 0.3) is 5.56 Å². The normalized spacial score (nSPS) is 10.8. The largest absolute Gasteiger partial charge is 0.493 e. The van der Waals surface area contributed by atoms with Crippen LogP contribution in [0.4, 0.5) is 0 Å². The van der Waals surface area contributed by atoms with E-state index >= 15 is 0 Å². The average molecular weight is 338 g/mol. The minimum Gasteiger partial charge on any atom is -0.493 e. The van der Waals surface area contributed by atoms with Crippen molar-refractivity contribution in [1.82, 2.24) is 10.3 Å². The van der Waals surface area contributed by atoms with E-state index in [-0.39, 0.29) is 5.56 Å². The van der Waals surface area contributed by atoms with E-state index in [9.17, 15) is 4.79 Å². The lowest BCUT2D eigenvalue weighted by molar-refractivity contribution is 0.356. The maximum Gasteiger partial charge on any atom is 0.252 e. The van der Waals surface area contributed by atoms with Gasteiger partial charge in [-0.05, 0) is 30.7 Å². The van der Waals surface area contributed by atoms with Crippen LogP contribution in [0.25, 0.3) is 10.9 Å². The molecule has 5 heteroatoms. The fraction of sp³-hybridized carbons (Fsp3) is 0.250. The minimum absolute atomic E-state index is 0.0908. The van der Waals surface area contributed by atoms with Crippen molar-refractivity contribution in [1.29, 1.82) is 0 Å². The topological polar surface area (TPSA) is 63.3 Å². The molecule has 0 amide bonds. The molecule has 0 bridgehead atoms. The lowest BCUT2D eigenvalue weighted by Crippen LogP contribution is -2.22. The molecule has 0 saturated carbocycles. The smallest absolute Gasteiger partial charge is 0.252 e. The number of nitrogens with one attached hydrogen (secondary N) is 2. The molecule has 130 valence electrons. The van der Waals surface area contributed by atoms with Crippen LogP contribution in [-0.4, -0.2) is 25.7 Å². The summed E-state index contributed by atoms with van der Waals surface area (Å²) in [6, 6.07) is 15.8. The fourth-order valence-corrected chi connectivity index (χ4v) is 2.81. The second-order valence-electron chi connectivity index (χ2n) is 5.83. The summed E-state index contributed by atoms with van der Waals surface area (Å²) in [6.45, 7) is 1.33. The summed E-state index contributed by atoms with van der Waals surface area (Å²) in [7, 11) is 3.17. The maximum absolute atomic E-state index is 12.3.